The second-order valence-corrected chi connectivity index (χ2v) is 3.70. The zero-order chi connectivity index (χ0) is 11.3. The van der Waals surface area contributed by atoms with Gasteiger partial charge in [0.05, 0.1) is 0 Å². The van der Waals surface area contributed by atoms with Crippen molar-refractivity contribution in [3.63, 3.8) is 0 Å². The van der Waals surface area contributed by atoms with Crippen LogP contribution < -0.4 is 5.73 Å². The van der Waals surface area contributed by atoms with Crippen molar-refractivity contribution in [3.05, 3.63) is 34.9 Å². The summed E-state index contributed by atoms with van der Waals surface area (Å²) in [6.07, 6.45) is 1.15. The van der Waals surface area contributed by atoms with Crippen molar-refractivity contribution < 1.29 is 0 Å². The van der Waals surface area contributed by atoms with Gasteiger partial charge in [-0.05, 0) is 30.0 Å². The number of aryl methyl sites for hydroxylation is 1. The number of fused-ring (bicyclic) bond motifs is 1. The van der Waals surface area contributed by atoms with Gasteiger partial charge in [-0.25, -0.2) is 0 Å². The molecule has 84 valence electrons. The largest absolute Gasteiger partial charge is 0.318 e. The van der Waals surface area contributed by atoms with Crippen LogP contribution in [0.3, 0.4) is 0 Å². The molecule has 2 heteroatoms. The normalized spacial score (nSPS) is 15.2. The van der Waals surface area contributed by atoms with Crippen LogP contribution in [0.1, 0.15) is 30.5 Å². The number of rotatable bonds is 1. The zero-order valence-electron chi connectivity index (χ0n) is 10.1. The van der Waals surface area contributed by atoms with E-state index in [-0.39, 0.29) is 0 Å². The summed E-state index contributed by atoms with van der Waals surface area (Å²) < 4.78 is 0. The van der Waals surface area contributed by atoms with Crippen molar-refractivity contribution in [3.8, 4) is 0 Å². The van der Waals surface area contributed by atoms with Crippen LogP contribution in [-0.2, 0) is 13.0 Å². The summed E-state index contributed by atoms with van der Waals surface area (Å²) in [5, 5.41) is 0. The van der Waals surface area contributed by atoms with E-state index in [1.807, 2.05) is 13.8 Å². The highest BCUT2D eigenvalue weighted by Crippen LogP contribution is 2.21. The maximum absolute atomic E-state index is 5.62. The summed E-state index contributed by atoms with van der Waals surface area (Å²) in [4.78, 5) is 2.28. The molecule has 0 unspecified atom stereocenters. The summed E-state index contributed by atoms with van der Waals surface area (Å²) in [7, 11) is 0. The Morgan fingerprint density at radius 3 is 2.73 bits per heavy atom. The van der Waals surface area contributed by atoms with Crippen molar-refractivity contribution in [2.24, 2.45) is 5.73 Å². The van der Waals surface area contributed by atoms with Gasteiger partial charge in [0.1, 0.15) is 0 Å². The molecule has 2 rings (SSSR count). The van der Waals surface area contributed by atoms with E-state index >= 15 is 0 Å². The smallest absolute Gasteiger partial charge is 0.0458 e. The van der Waals surface area contributed by atoms with E-state index in [0.717, 1.165) is 19.5 Å². The molecule has 0 saturated carbocycles. The van der Waals surface area contributed by atoms with Gasteiger partial charge in [-0.1, -0.05) is 32.0 Å². The summed E-state index contributed by atoms with van der Waals surface area (Å²) in [5.74, 6) is 0. The number of benzene rings is 1. The predicted molar refractivity (Wildman–Crippen MR) is 65.7 cm³/mol. The first-order chi connectivity index (χ1) is 7.31. The Hall–Kier alpha value is -0.860. The summed E-state index contributed by atoms with van der Waals surface area (Å²) in [5.41, 5.74) is 10.0. The van der Waals surface area contributed by atoms with Gasteiger partial charge in [-0.3, -0.25) is 4.90 Å². The van der Waals surface area contributed by atoms with Gasteiger partial charge in [0.2, 0.25) is 0 Å². The van der Waals surface area contributed by atoms with Crippen LogP contribution in [0.5, 0.6) is 0 Å². The maximum atomic E-state index is 5.62. The van der Waals surface area contributed by atoms with Crippen LogP contribution in [0.2, 0.25) is 0 Å². The van der Waals surface area contributed by atoms with Crippen LogP contribution in [0.4, 0.5) is 0 Å². The number of hydrogen-bond acceptors (Lipinski definition) is 2. The van der Waals surface area contributed by atoms with Crippen molar-refractivity contribution in [2.75, 3.05) is 13.2 Å². The van der Waals surface area contributed by atoms with Crippen LogP contribution in [0.25, 0.3) is 0 Å². The minimum Gasteiger partial charge on any atom is -0.318 e. The molecule has 15 heavy (non-hydrogen) atoms. The molecule has 0 radical (unpaired) electrons. The third-order valence-electron chi connectivity index (χ3n) is 2.84. The SMILES string of the molecule is CC.Cc1cccc2c1CCN(CN)C2. The molecule has 2 nitrogen and oxygen atoms in total. The fraction of sp³-hybridized carbons (Fsp3) is 0.538. The Morgan fingerprint density at radius 2 is 2.07 bits per heavy atom. The third kappa shape index (κ3) is 2.80. The number of hydrogen-bond donors (Lipinski definition) is 1. The van der Waals surface area contributed by atoms with E-state index < -0.39 is 0 Å². The van der Waals surface area contributed by atoms with Gasteiger partial charge in [-0.2, -0.15) is 0 Å². The van der Waals surface area contributed by atoms with Gasteiger partial charge in [-0.15, -0.1) is 0 Å². The highest BCUT2D eigenvalue weighted by atomic mass is 15.2. The Labute approximate surface area is 93.1 Å². The molecule has 1 aliphatic rings. The first-order valence-corrected chi connectivity index (χ1v) is 5.81. The first-order valence-electron chi connectivity index (χ1n) is 5.81. The number of nitrogens with zero attached hydrogens (tertiary/aromatic N) is 1. The highest BCUT2D eigenvalue weighted by Gasteiger charge is 2.15. The van der Waals surface area contributed by atoms with Crippen molar-refractivity contribution in [1.29, 1.82) is 0 Å². The van der Waals surface area contributed by atoms with Crippen LogP contribution in [0.15, 0.2) is 18.2 Å². The molecule has 0 aliphatic carbocycles. The van der Waals surface area contributed by atoms with Gasteiger partial charge in [0.25, 0.3) is 0 Å². The predicted octanol–water partition coefficient (Wildman–Crippen LogP) is 2.30. The Morgan fingerprint density at radius 1 is 1.33 bits per heavy atom. The lowest BCUT2D eigenvalue weighted by molar-refractivity contribution is 0.261. The van der Waals surface area contributed by atoms with E-state index in [0.29, 0.717) is 6.67 Å². The van der Waals surface area contributed by atoms with E-state index in [9.17, 15) is 0 Å². The summed E-state index contributed by atoms with van der Waals surface area (Å²) >= 11 is 0. The molecule has 2 N–H and O–H groups in total. The third-order valence-corrected chi connectivity index (χ3v) is 2.84. The lowest BCUT2D eigenvalue weighted by Crippen LogP contribution is -2.35. The molecular weight excluding hydrogens is 184 g/mol. The molecule has 0 spiro atoms. The van der Waals surface area contributed by atoms with Crippen LogP contribution in [0, 0.1) is 6.92 Å². The molecule has 1 heterocycles. The highest BCUT2D eigenvalue weighted by molar-refractivity contribution is 5.35. The van der Waals surface area contributed by atoms with E-state index in [4.69, 9.17) is 5.73 Å². The molecule has 0 bridgehead atoms. The van der Waals surface area contributed by atoms with E-state index in [1.54, 1.807) is 0 Å². The monoisotopic (exact) mass is 206 g/mol. The molecule has 0 atom stereocenters. The molecular formula is C13H22N2. The topological polar surface area (TPSA) is 29.3 Å². The lowest BCUT2D eigenvalue weighted by Gasteiger charge is -2.28. The summed E-state index contributed by atoms with van der Waals surface area (Å²) in [6, 6.07) is 6.54. The van der Waals surface area contributed by atoms with Gasteiger partial charge >= 0.3 is 0 Å². The molecule has 0 aromatic heterocycles. The quantitative estimate of drug-likeness (QED) is 0.764. The average molecular weight is 206 g/mol. The minimum absolute atomic E-state index is 0.674. The van der Waals surface area contributed by atoms with E-state index in [2.05, 4.69) is 30.0 Å². The molecule has 1 aromatic rings. The van der Waals surface area contributed by atoms with Gasteiger partial charge < -0.3 is 5.73 Å². The molecule has 0 saturated heterocycles. The number of nitrogens with two attached hydrogens (primary N) is 1. The lowest BCUT2D eigenvalue weighted by atomic mass is 9.96. The van der Waals surface area contributed by atoms with Crippen LogP contribution in [-0.4, -0.2) is 18.1 Å². The average Bonchev–Trinajstić information content (AvgIpc) is 2.31. The first kappa shape index (κ1) is 12.2. The molecule has 0 amide bonds. The molecule has 1 aromatic carbocycles. The Bertz CT molecular complexity index is 307. The second-order valence-electron chi connectivity index (χ2n) is 3.70. The maximum Gasteiger partial charge on any atom is 0.0458 e. The second kappa shape index (κ2) is 5.89. The van der Waals surface area contributed by atoms with Crippen molar-refractivity contribution >= 4 is 0 Å². The molecule has 0 fully saturated rings. The van der Waals surface area contributed by atoms with Gasteiger partial charge in [0, 0.05) is 19.8 Å². The Balaban J connectivity index is 0.000000531. The van der Waals surface area contributed by atoms with Gasteiger partial charge in [0.15, 0.2) is 0 Å². The minimum atomic E-state index is 0.674. The fourth-order valence-corrected chi connectivity index (χ4v) is 2.01. The van der Waals surface area contributed by atoms with Crippen molar-refractivity contribution in [2.45, 2.75) is 33.7 Å². The standard InChI is InChI=1S/C11H16N2.C2H6/c1-9-3-2-4-10-7-13(8-12)6-5-11(9)10;1-2/h2-4H,5-8,12H2,1H3;1-2H3. The van der Waals surface area contributed by atoms with Crippen LogP contribution >= 0.6 is 0 Å². The molecule has 1 aliphatic heterocycles. The summed E-state index contributed by atoms with van der Waals surface area (Å²) in [6.45, 7) is 8.99. The van der Waals surface area contributed by atoms with E-state index in [1.165, 1.54) is 16.7 Å². The van der Waals surface area contributed by atoms with Crippen molar-refractivity contribution in [1.82, 2.24) is 4.90 Å². The Kier molecular flexibility index (Phi) is 4.79. The zero-order valence-corrected chi connectivity index (χ0v) is 10.1. The fourth-order valence-electron chi connectivity index (χ4n) is 2.01.